The third-order valence-electron chi connectivity index (χ3n) is 6.26. The molecule has 0 radical (unpaired) electrons. The van der Waals surface area contributed by atoms with Gasteiger partial charge in [-0.3, -0.25) is 0 Å². The fourth-order valence-electron chi connectivity index (χ4n) is 4.17. The first kappa shape index (κ1) is 36.3. The van der Waals surface area contributed by atoms with E-state index in [1.807, 2.05) is 25.2 Å². The fraction of sp³-hybridized carbons (Fsp3) is 0.484. The third-order valence-corrected chi connectivity index (χ3v) is 7.22. The predicted molar refractivity (Wildman–Crippen MR) is 172 cm³/mol. The maximum atomic E-state index is 13.3. The topological polar surface area (TPSA) is 118 Å². The van der Waals surface area contributed by atoms with Gasteiger partial charge in [-0.1, -0.05) is 12.0 Å². The quantitative estimate of drug-likeness (QED) is 0.0708. The van der Waals surface area contributed by atoms with Crippen LogP contribution in [0.15, 0.2) is 47.4 Å². The highest BCUT2D eigenvalue weighted by atomic mass is 32.2. The Morgan fingerprint density at radius 1 is 0.933 bits per heavy atom. The number of nitrogen functional groups attached to an aromatic ring is 1. The Morgan fingerprint density at radius 2 is 1.60 bits per heavy atom. The molecule has 0 bridgehead atoms. The molecule has 2 aromatic carbocycles. The zero-order valence-electron chi connectivity index (χ0n) is 25.7. The van der Waals surface area contributed by atoms with Gasteiger partial charge >= 0.3 is 6.18 Å². The van der Waals surface area contributed by atoms with Crippen LogP contribution in [0.4, 0.5) is 24.5 Å². The number of aromatic nitrogens is 1. The van der Waals surface area contributed by atoms with E-state index in [1.165, 1.54) is 0 Å². The molecule has 14 heteroatoms. The molecule has 45 heavy (non-hydrogen) atoms. The highest BCUT2D eigenvalue weighted by molar-refractivity contribution is 7.97. The molecule has 10 nitrogen and oxygen atoms in total. The average molecular weight is 654 g/mol. The van der Waals surface area contributed by atoms with E-state index < -0.39 is 12.7 Å². The molecule has 0 aliphatic heterocycles. The second-order valence-electron chi connectivity index (χ2n) is 9.71. The van der Waals surface area contributed by atoms with E-state index in [0.717, 1.165) is 9.46 Å². The van der Waals surface area contributed by atoms with Gasteiger partial charge in [0.2, 0.25) is 0 Å². The van der Waals surface area contributed by atoms with E-state index in [1.54, 1.807) is 43.3 Å². The lowest BCUT2D eigenvalue weighted by Gasteiger charge is -2.17. The van der Waals surface area contributed by atoms with Crippen LogP contribution >= 0.6 is 11.9 Å². The fourth-order valence-corrected chi connectivity index (χ4v) is 4.99. The first-order chi connectivity index (χ1) is 21.7. The second-order valence-corrected chi connectivity index (χ2v) is 11.0. The van der Waals surface area contributed by atoms with Crippen molar-refractivity contribution in [2.75, 3.05) is 97.7 Å². The smallest absolute Gasteiger partial charge is 0.406 e. The first-order valence-electron chi connectivity index (χ1n) is 14.5. The lowest BCUT2D eigenvalue weighted by molar-refractivity contribution is -0.140. The molecule has 1 heterocycles. The molecule has 5 N–H and O–H groups in total. The van der Waals surface area contributed by atoms with E-state index in [2.05, 4.69) is 21.5 Å². The number of likely N-dealkylation sites (N-methyl/N-ethyl adjacent to an activating group) is 1. The summed E-state index contributed by atoms with van der Waals surface area (Å²) >= 11 is 1.55. The van der Waals surface area contributed by atoms with Gasteiger partial charge in [0.25, 0.3) is 0 Å². The molecule has 0 fully saturated rings. The molecule has 3 aromatic rings. The number of ether oxygens (including phenoxy) is 5. The number of benzene rings is 2. The maximum Gasteiger partial charge on any atom is 0.406 e. The summed E-state index contributed by atoms with van der Waals surface area (Å²) in [5.74, 6) is 6.40. The van der Waals surface area contributed by atoms with Gasteiger partial charge in [-0.05, 0) is 61.3 Å². The van der Waals surface area contributed by atoms with Gasteiger partial charge in [0.15, 0.2) is 0 Å². The highest BCUT2D eigenvalue weighted by Gasteiger charge is 2.29. The summed E-state index contributed by atoms with van der Waals surface area (Å²) in [6, 6.07) is 12.2. The summed E-state index contributed by atoms with van der Waals surface area (Å²) < 4.78 is 70.3. The van der Waals surface area contributed by atoms with Crippen molar-refractivity contribution in [3.63, 3.8) is 0 Å². The summed E-state index contributed by atoms with van der Waals surface area (Å²) in [5, 5.41) is 3.72. The Bertz CT molecular complexity index is 1380. The van der Waals surface area contributed by atoms with Crippen molar-refractivity contribution in [1.82, 2.24) is 8.87 Å². The number of halogens is 3. The van der Waals surface area contributed by atoms with Gasteiger partial charge in [0, 0.05) is 29.1 Å². The van der Waals surface area contributed by atoms with E-state index in [-0.39, 0.29) is 12.2 Å². The van der Waals surface area contributed by atoms with Gasteiger partial charge in [-0.15, -0.1) is 0 Å². The average Bonchev–Trinajstić information content (AvgIpc) is 3.35. The molecule has 3 rings (SSSR count). The summed E-state index contributed by atoms with van der Waals surface area (Å²) in [6.07, 6.45) is -4.40. The molecule has 0 aliphatic rings. The van der Waals surface area contributed by atoms with Crippen molar-refractivity contribution < 1.29 is 36.9 Å². The number of nitrogens with one attached hydrogen (secondary N) is 1. The van der Waals surface area contributed by atoms with Crippen LogP contribution in [0.3, 0.4) is 0 Å². The summed E-state index contributed by atoms with van der Waals surface area (Å²) in [6.45, 7) is 4.37. The van der Waals surface area contributed by atoms with Gasteiger partial charge < -0.3 is 45.0 Å². The van der Waals surface area contributed by atoms with E-state index in [4.69, 9.17) is 35.2 Å². The zero-order valence-corrected chi connectivity index (χ0v) is 26.5. The van der Waals surface area contributed by atoms with Crippen molar-refractivity contribution in [3.05, 3.63) is 48.2 Å². The maximum absolute atomic E-state index is 13.3. The normalized spacial score (nSPS) is 11.6. The number of rotatable bonds is 20. The summed E-state index contributed by atoms with van der Waals surface area (Å²) in [4.78, 5) is 0.969. The van der Waals surface area contributed by atoms with Crippen LogP contribution in [-0.2, 0) is 25.5 Å². The van der Waals surface area contributed by atoms with Gasteiger partial charge in [0.1, 0.15) is 12.3 Å². The van der Waals surface area contributed by atoms with Crippen LogP contribution in [-0.4, -0.2) is 102 Å². The van der Waals surface area contributed by atoms with Crippen LogP contribution in [0.2, 0.25) is 0 Å². The molecule has 0 atom stereocenters. The predicted octanol–water partition coefficient (Wildman–Crippen LogP) is 4.22. The largest absolute Gasteiger partial charge is 0.495 e. The van der Waals surface area contributed by atoms with Crippen LogP contribution in [0.5, 0.6) is 5.75 Å². The molecule has 0 aliphatic carbocycles. The van der Waals surface area contributed by atoms with E-state index in [9.17, 15) is 13.2 Å². The van der Waals surface area contributed by atoms with Crippen LogP contribution < -0.4 is 21.5 Å². The molecule has 0 amide bonds. The van der Waals surface area contributed by atoms with Crippen LogP contribution in [0, 0.1) is 11.8 Å². The molecule has 0 unspecified atom stereocenters. The lowest BCUT2D eigenvalue weighted by atomic mass is 10.2. The minimum Gasteiger partial charge on any atom is -0.495 e. The summed E-state index contributed by atoms with van der Waals surface area (Å²) in [5.41, 5.74) is 13.1. The number of hydrogen-bond donors (Lipinski definition) is 3. The number of fused-ring (bicyclic) bond motifs is 1. The molecular weight excluding hydrogens is 611 g/mol. The Balaban J connectivity index is 1.40. The second kappa shape index (κ2) is 19.4. The number of anilines is 2. The number of nitrogens with two attached hydrogens (primary N) is 2. The van der Waals surface area contributed by atoms with Crippen LogP contribution in [0.25, 0.3) is 10.9 Å². The molecule has 0 saturated heterocycles. The Kier molecular flexibility index (Phi) is 15.6. The zero-order chi connectivity index (χ0) is 32.5. The summed E-state index contributed by atoms with van der Waals surface area (Å²) in [7, 11) is 3.54. The Hall–Kier alpha value is -3.16. The number of methoxy groups -OCH3 is 1. The van der Waals surface area contributed by atoms with Crippen LogP contribution in [0.1, 0.15) is 5.69 Å². The molecular formula is C31H42F3N5O5S. The Labute approximate surface area is 266 Å². The van der Waals surface area contributed by atoms with E-state index in [0.29, 0.717) is 94.0 Å². The van der Waals surface area contributed by atoms with E-state index >= 15 is 0 Å². The lowest BCUT2D eigenvalue weighted by Crippen LogP contribution is -2.18. The number of alkyl halides is 3. The van der Waals surface area contributed by atoms with Crippen molar-refractivity contribution in [2.24, 2.45) is 5.73 Å². The molecule has 0 spiro atoms. The van der Waals surface area contributed by atoms with Crippen molar-refractivity contribution in [3.8, 4) is 17.6 Å². The number of hydrogen-bond acceptors (Lipinski definition) is 10. The first-order valence-corrected chi connectivity index (χ1v) is 15.2. The Morgan fingerprint density at radius 3 is 2.24 bits per heavy atom. The standard InChI is InChI=1S/C31H42F3N5O5S/c1-38(12-14-42-16-18-44-20-19-43-17-15-41-13-10-35)45-25-8-9-28(30(22-25)40-2)37-11-4-5-24-21-26-27(36)6-3-7-29(26)39(24)23-31(32,33)34/h3,6-9,21-22,37H,10-20,23,35-36H2,1-2H3. The molecule has 1 aromatic heterocycles. The molecule has 248 valence electrons. The van der Waals surface area contributed by atoms with Crippen molar-refractivity contribution in [2.45, 2.75) is 17.6 Å². The minimum atomic E-state index is -4.40. The third kappa shape index (κ3) is 13.0. The van der Waals surface area contributed by atoms with Gasteiger partial charge in [0.05, 0.1) is 83.4 Å². The molecule has 0 saturated carbocycles. The highest BCUT2D eigenvalue weighted by Crippen LogP contribution is 2.31. The van der Waals surface area contributed by atoms with Gasteiger partial charge in [-0.25, -0.2) is 4.31 Å². The monoisotopic (exact) mass is 653 g/mol. The van der Waals surface area contributed by atoms with Crippen molar-refractivity contribution in [1.29, 1.82) is 0 Å². The minimum absolute atomic E-state index is 0.198. The van der Waals surface area contributed by atoms with Crippen molar-refractivity contribution >= 4 is 34.2 Å². The number of nitrogens with zero attached hydrogens (tertiary/aromatic N) is 2. The van der Waals surface area contributed by atoms with Gasteiger partial charge in [-0.2, -0.15) is 13.2 Å². The SMILES string of the molecule is COc1cc(SN(C)CCOCCOCCOCCOCCN)ccc1NCC#Cc1cc2c(N)cccc2n1CC(F)(F)F.